The minimum Gasteiger partial charge on any atom is -0.348 e. The second kappa shape index (κ2) is 8.47. The lowest BCUT2D eigenvalue weighted by molar-refractivity contribution is 0.0706. The fourth-order valence-corrected chi connectivity index (χ4v) is 4.93. The van der Waals surface area contributed by atoms with Crippen LogP contribution in [0.15, 0.2) is 60.7 Å². The number of amides is 1. The third-order valence-corrected chi connectivity index (χ3v) is 7.09. The van der Waals surface area contributed by atoms with Crippen molar-refractivity contribution in [1.29, 1.82) is 0 Å². The number of aryl methyl sites for hydroxylation is 2. The molecule has 2 aromatic heterocycles. The third-order valence-electron chi connectivity index (χ3n) is 7.09. The Kier molecular flexibility index (Phi) is 5.49. The highest BCUT2D eigenvalue weighted by Crippen LogP contribution is 2.30. The number of halogens is 1. The van der Waals surface area contributed by atoms with Gasteiger partial charge in [0.2, 0.25) is 0 Å². The number of aromatic nitrogens is 2. The van der Waals surface area contributed by atoms with Gasteiger partial charge in [-0.3, -0.25) is 9.78 Å². The molecule has 5 heteroatoms. The van der Waals surface area contributed by atoms with Gasteiger partial charge in [0.25, 0.3) is 5.91 Å². The molecule has 0 saturated carbocycles. The molecule has 0 bridgehead atoms. The van der Waals surface area contributed by atoms with Crippen LogP contribution in [0, 0.1) is 19.7 Å². The number of benzene rings is 2. The summed E-state index contributed by atoms with van der Waals surface area (Å²) in [5.74, 6) is 0.0140. The Balaban J connectivity index is 1.38. The van der Waals surface area contributed by atoms with Crippen LogP contribution in [0.2, 0.25) is 0 Å². The quantitative estimate of drug-likeness (QED) is 0.390. The highest BCUT2D eigenvalue weighted by molar-refractivity contribution is 5.99. The molecule has 5 rings (SSSR count). The number of fused-ring (bicyclic) bond motifs is 1. The van der Waals surface area contributed by atoms with E-state index in [0.29, 0.717) is 6.54 Å². The van der Waals surface area contributed by atoms with E-state index < -0.39 is 0 Å². The predicted molar refractivity (Wildman–Crippen MR) is 130 cm³/mol. The Labute approximate surface area is 193 Å². The SMILES string of the molecule is Cc1c(C)n(C)c2ccc(C(=O)N3CCC[C@H](c4cccc(-c5ccc(F)cc5)n4)C3)cc12. The number of carbonyl (C=O) groups excluding carboxylic acids is 1. The van der Waals surface area contributed by atoms with Gasteiger partial charge in [-0.25, -0.2) is 4.39 Å². The summed E-state index contributed by atoms with van der Waals surface area (Å²) in [4.78, 5) is 20.2. The van der Waals surface area contributed by atoms with E-state index >= 15 is 0 Å². The lowest BCUT2D eigenvalue weighted by atomic mass is 9.93. The topological polar surface area (TPSA) is 38.1 Å². The van der Waals surface area contributed by atoms with E-state index in [2.05, 4.69) is 31.5 Å². The first-order valence-corrected chi connectivity index (χ1v) is 11.5. The van der Waals surface area contributed by atoms with Crippen molar-refractivity contribution in [3.8, 4) is 11.3 Å². The third kappa shape index (κ3) is 3.92. The molecule has 4 nitrogen and oxygen atoms in total. The highest BCUT2D eigenvalue weighted by atomic mass is 19.1. The van der Waals surface area contributed by atoms with Crippen LogP contribution in [0.3, 0.4) is 0 Å². The number of nitrogens with zero attached hydrogens (tertiary/aromatic N) is 3. The van der Waals surface area contributed by atoms with Gasteiger partial charge in [-0.15, -0.1) is 0 Å². The summed E-state index contributed by atoms with van der Waals surface area (Å²) < 4.78 is 15.5. The molecular weight excluding hydrogens is 413 g/mol. The van der Waals surface area contributed by atoms with Crippen LogP contribution < -0.4 is 0 Å². The van der Waals surface area contributed by atoms with Gasteiger partial charge in [0, 0.05) is 59.5 Å². The van der Waals surface area contributed by atoms with Gasteiger partial charge in [0.05, 0.1) is 5.69 Å². The Morgan fingerprint density at radius 2 is 1.85 bits per heavy atom. The maximum atomic E-state index is 13.4. The van der Waals surface area contributed by atoms with Crippen LogP contribution in [0.1, 0.15) is 46.1 Å². The zero-order valence-corrected chi connectivity index (χ0v) is 19.3. The Bertz CT molecular complexity index is 1340. The summed E-state index contributed by atoms with van der Waals surface area (Å²) in [5.41, 5.74) is 7.05. The van der Waals surface area contributed by atoms with Crippen LogP contribution in [0.5, 0.6) is 0 Å². The first kappa shape index (κ1) is 21.4. The van der Waals surface area contributed by atoms with Gasteiger partial charge >= 0.3 is 0 Å². The van der Waals surface area contributed by atoms with Crippen molar-refractivity contribution in [2.75, 3.05) is 13.1 Å². The lowest BCUT2D eigenvalue weighted by Crippen LogP contribution is -2.39. The number of pyridine rings is 1. The highest BCUT2D eigenvalue weighted by Gasteiger charge is 2.27. The molecule has 1 amide bonds. The summed E-state index contributed by atoms with van der Waals surface area (Å²) in [6.07, 6.45) is 1.95. The molecule has 4 aromatic rings. The number of hydrogen-bond donors (Lipinski definition) is 0. The molecule has 33 heavy (non-hydrogen) atoms. The van der Waals surface area contributed by atoms with E-state index in [1.54, 1.807) is 12.1 Å². The van der Waals surface area contributed by atoms with Crippen LogP contribution >= 0.6 is 0 Å². The number of carbonyl (C=O) groups is 1. The summed E-state index contributed by atoms with van der Waals surface area (Å²) in [7, 11) is 2.06. The van der Waals surface area contributed by atoms with Crippen LogP contribution in [-0.4, -0.2) is 33.4 Å². The van der Waals surface area contributed by atoms with Crippen LogP contribution in [0.25, 0.3) is 22.2 Å². The first-order valence-electron chi connectivity index (χ1n) is 11.5. The second-order valence-corrected chi connectivity index (χ2v) is 9.05. The largest absolute Gasteiger partial charge is 0.348 e. The summed E-state index contributed by atoms with van der Waals surface area (Å²) in [5, 5.41) is 1.14. The zero-order valence-electron chi connectivity index (χ0n) is 19.3. The standard InChI is InChI=1S/C28H28FN3O/c1-18-19(2)31(3)27-14-11-21(16-24(18)27)28(33)32-15-5-6-22(17-32)26-8-4-7-25(30-26)20-9-12-23(29)13-10-20/h4,7-14,16,22H,5-6,15,17H2,1-3H3/t22-/m0/s1. The molecule has 2 aromatic carbocycles. The number of hydrogen-bond acceptors (Lipinski definition) is 2. The second-order valence-electron chi connectivity index (χ2n) is 9.05. The van der Waals surface area contributed by atoms with E-state index in [4.69, 9.17) is 4.98 Å². The Hall–Kier alpha value is -3.47. The van der Waals surface area contributed by atoms with Crippen LogP contribution in [-0.2, 0) is 7.05 Å². The molecule has 0 spiro atoms. The van der Waals surface area contributed by atoms with Gasteiger partial charge in [0.1, 0.15) is 5.82 Å². The van der Waals surface area contributed by atoms with E-state index in [1.165, 1.54) is 23.4 Å². The molecule has 0 radical (unpaired) electrons. The van der Waals surface area contributed by atoms with Crippen molar-refractivity contribution in [3.05, 3.63) is 89.0 Å². The lowest BCUT2D eigenvalue weighted by Gasteiger charge is -2.32. The Morgan fingerprint density at radius 1 is 1.06 bits per heavy atom. The van der Waals surface area contributed by atoms with Gasteiger partial charge in [-0.2, -0.15) is 0 Å². The van der Waals surface area contributed by atoms with Gasteiger partial charge in [-0.05, 0) is 86.8 Å². The molecule has 1 fully saturated rings. The minimum absolute atomic E-state index is 0.0807. The van der Waals surface area contributed by atoms with Crippen molar-refractivity contribution in [2.45, 2.75) is 32.6 Å². The predicted octanol–water partition coefficient (Wildman–Crippen LogP) is 6.02. The van der Waals surface area contributed by atoms with Gasteiger partial charge < -0.3 is 9.47 Å². The summed E-state index contributed by atoms with van der Waals surface area (Å²) >= 11 is 0. The van der Waals surface area contributed by atoms with E-state index in [-0.39, 0.29) is 17.6 Å². The molecule has 1 atom stereocenters. The fourth-order valence-electron chi connectivity index (χ4n) is 4.93. The number of piperidine rings is 1. The average molecular weight is 442 g/mol. The molecule has 1 saturated heterocycles. The molecular formula is C28H28FN3O. The van der Waals surface area contributed by atoms with Crippen LogP contribution in [0.4, 0.5) is 4.39 Å². The Morgan fingerprint density at radius 3 is 2.64 bits per heavy atom. The van der Waals surface area contributed by atoms with Crippen molar-refractivity contribution in [1.82, 2.24) is 14.5 Å². The molecule has 3 heterocycles. The van der Waals surface area contributed by atoms with Crippen molar-refractivity contribution < 1.29 is 9.18 Å². The van der Waals surface area contributed by atoms with Crippen molar-refractivity contribution in [2.24, 2.45) is 7.05 Å². The molecule has 168 valence electrons. The smallest absolute Gasteiger partial charge is 0.253 e. The molecule has 0 unspecified atom stereocenters. The van der Waals surface area contributed by atoms with Crippen molar-refractivity contribution in [3.63, 3.8) is 0 Å². The molecule has 1 aliphatic heterocycles. The molecule has 1 aliphatic rings. The number of likely N-dealkylation sites (tertiary alicyclic amines) is 1. The number of rotatable bonds is 3. The minimum atomic E-state index is -0.254. The average Bonchev–Trinajstić information content (AvgIpc) is 3.07. The molecule has 0 aliphatic carbocycles. The summed E-state index contributed by atoms with van der Waals surface area (Å²) in [6.45, 7) is 5.64. The zero-order chi connectivity index (χ0) is 23.1. The van der Waals surface area contributed by atoms with E-state index in [0.717, 1.165) is 52.8 Å². The maximum Gasteiger partial charge on any atom is 0.253 e. The van der Waals surface area contributed by atoms with Gasteiger partial charge in [-0.1, -0.05) is 6.07 Å². The maximum absolute atomic E-state index is 13.4. The first-order chi connectivity index (χ1) is 15.9. The van der Waals surface area contributed by atoms with Gasteiger partial charge in [0.15, 0.2) is 0 Å². The fraction of sp³-hybridized carbons (Fsp3) is 0.286. The molecule has 0 N–H and O–H groups in total. The van der Waals surface area contributed by atoms with Crippen molar-refractivity contribution >= 4 is 16.8 Å². The van der Waals surface area contributed by atoms with E-state index in [9.17, 15) is 9.18 Å². The normalized spacial score (nSPS) is 16.4. The monoisotopic (exact) mass is 441 g/mol. The van der Waals surface area contributed by atoms with E-state index in [1.807, 2.05) is 35.2 Å². The summed E-state index contributed by atoms with van der Waals surface area (Å²) in [6, 6.07) is 18.4.